The molecule has 0 saturated carbocycles. The van der Waals surface area contributed by atoms with Crippen molar-refractivity contribution in [2.24, 2.45) is 0 Å². The van der Waals surface area contributed by atoms with Gasteiger partial charge >= 0.3 is 18.4 Å². The van der Waals surface area contributed by atoms with Crippen LogP contribution in [0, 0.1) is 0 Å². The first-order chi connectivity index (χ1) is 19.8. The quantitative estimate of drug-likeness (QED) is 0.309. The topological polar surface area (TPSA) is 96.3 Å². The highest BCUT2D eigenvalue weighted by molar-refractivity contribution is 5.96. The van der Waals surface area contributed by atoms with Crippen LogP contribution in [0.25, 0.3) is 22.0 Å². The standard InChI is InChI=1S/C30H37F3N4O5/c1-29(2,3)42-28(40)34-11-4-12-37-19-25(22-6-8-23(9-7-22)41-30(31,32)33)24-17-21(5-10-26(24)37)18-35-13-15-36(16-14-35)20-27(38)39/h5-10,17,19H,4,11-16,18,20H2,1-3H3,(H,34,40)(H,38,39). The summed E-state index contributed by atoms with van der Waals surface area (Å²) in [4.78, 5) is 27.2. The molecule has 0 spiro atoms. The van der Waals surface area contributed by atoms with Crippen LogP contribution in [0.4, 0.5) is 18.0 Å². The van der Waals surface area contributed by atoms with Crippen molar-refractivity contribution in [3.8, 4) is 16.9 Å². The van der Waals surface area contributed by atoms with Crippen LogP contribution in [0.2, 0.25) is 0 Å². The molecule has 1 aliphatic rings. The van der Waals surface area contributed by atoms with Crippen LogP contribution in [0.1, 0.15) is 32.8 Å². The number of aryl methyl sites for hydroxylation is 1. The van der Waals surface area contributed by atoms with E-state index in [1.54, 1.807) is 32.9 Å². The number of ether oxygens (including phenoxy) is 2. The van der Waals surface area contributed by atoms with E-state index >= 15 is 0 Å². The number of nitrogens with one attached hydrogen (secondary N) is 1. The third kappa shape index (κ3) is 9.12. The molecule has 2 aromatic carbocycles. The summed E-state index contributed by atoms with van der Waals surface area (Å²) >= 11 is 0. The molecule has 2 heterocycles. The van der Waals surface area contributed by atoms with Crippen molar-refractivity contribution in [2.45, 2.75) is 52.2 Å². The molecule has 1 amide bonds. The maximum atomic E-state index is 12.7. The lowest BCUT2D eigenvalue weighted by Gasteiger charge is -2.33. The summed E-state index contributed by atoms with van der Waals surface area (Å²) < 4.78 is 49.4. The Balaban J connectivity index is 1.52. The maximum Gasteiger partial charge on any atom is 0.573 e. The maximum absolute atomic E-state index is 12.7. The van der Waals surface area contributed by atoms with E-state index < -0.39 is 24.0 Å². The van der Waals surface area contributed by atoms with Gasteiger partial charge in [0.25, 0.3) is 0 Å². The Labute approximate surface area is 242 Å². The Kier molecular flexibility index (Phi) is 9.67. The summed E-state index contributed by atoms with van der Waals surface area (Å²) in [7, 11) is 0. The van der Waals surface area contributed by atoms with Crippen LogP contribution in [0.3, 0.4) is 0 Å². The van der Waals surface area contributed by atoms with Crippen molar-refractivity contribution >= 4 is 23.0 Å². The van der Waals surface area contributed by atoms with Crippen molar-refractivity contribution < 1.29 is 37.3 Å². The van der Waals surface area contributed by atoms with Gasteiger partial charge in [0.1, 0.15) is 11.4 Å². The number of carboxylic acids is 1. The van der Waals surface area contributed by atoms with Gasteiger partial charge in [0.2, 0.25) is 0 Å². The minimum atomic E-state index is -4.76. The Morgan fingerprint density at radius 2 is 1.64 bits per heavy atom. The average Bonchev–Trinajstić information content (AvgIpc) is 3.24. The summed E-state index contributed by atoms with van der Waals surface area (Å²) in [5.41, 5.74) is 3.08. The lowest BCUT2D eigenvalue weighted by atomic mass is 10.0. The molecule has 228 valence electrons. The first kappa shape index (κ1) is 31.2. The minimum Gasteiger partial charge on any atom is -0.480 e. The SMILES string of the molecule is CC(C)(C)OC(=O)NCCCn1cc(-c2ccc(OC(F)(F)F)cc2)c2cc(CN3CCN(CC(=O)O)CC3)ccc21. The summed E-state index contributed by atoms with van der Waals surface area (Å²) in [6, 6.07) is 12.0. The highest BCUT2D eigenvalue weighted by Crippen LogP contribution is 2.34. The van der Waals surface area contributed by atoms with Crippen LogP contribution >= 0.6 is 0 Å². The number of carbonyl (C=O) groups excluding carboxylic acids is 1. The molecular formula is C30H37F3N4O5. The smallest absolute Gasteiger partial charge is 0.480 e. The third-order valence-electron chi connectivity index (χ3n) is 6.82. The number of nitrogens with zero attached hydrogens (tertiary/aromatic N) is 3. The van der Waals surface area contributed by atoms with Gasteiger partial charge < -0.3 is 24.5 Å². The predicted octanol–water partition coefficient (Wildman–Crippen LogP) is 5.32. The molecule has 3 aromatic rings. The second-order valence-corrected chi connectivity index (χ2v) is 11.4. The predicted molar refractivity (Wildman–Crippen MR) is 152 cm³/mol. The van der Waals surface area contributed by atoms with E-state index in [0.717, 1.165) is 40.7 Å². The van der Waals surface area contributed by atoms with Crippen LogP contribution in [-0.4, -0.2) is 82.8 Å². The van der Waals surface area contributed by atoms with E-state index in [0.29, 0.717) is 39.1 Å². The molecule has 4 rings (SSSR count). The van der Waals surface area contributed by atoms with Crippen molar-refractivity contribution in [3.63, 3.8) is 0 Å². The fraction of sp³-hybridized carbons (Fsp3) is 0.467. The molecule has 42 heavy (non-hydrogen) atoms. The number of aliphatic carboxylic acids is 1. The zero-order chi connectivity index (χ0) is 30.5. The average molecular weight is 591 g/mol. The van der Waals surface area contributed by atoms with E-state index in [9.17, 15) is 22.8 Å². The van der Waals surface area contributed by atoms with E-state index in [4.69, 9.17) is 9.84 Å². The van der Waals surface area contributed by atoms with Gasteiger partial charge in [0.15, 0.2) is 0 Å². The van der Waals surface area contributed by atoms with E-state index in [2.05, 4.69) is 31.7 Å². The molecule has 0 unspecified atom stereocenters. The summed E-state index contributed by atoms with van der Waals surface area (Å²) in [5.74, 6) is -1.12. The number of piperazine rings is 1. The van der Waals surface area contributed by atoms with Crippen LogP contribution in [-0.2, 0) is 22.6 Å². The van der Waals surface area contributed by atoms with Gasteiger partial charge in [0.05, 0.1) is 6.54 Å². The summed E-state index contributed by atoms with van der Waals surface area (Å²) in [6.07, 6.45) is -2.62. The number of benzene rings is 2. The Morgan fingerprint density at radius 3 is 2.26 bits per heavy atom. The van der Waals surface area contributed by atoms with Gasteiger partial charge in [-0.2, -0.15) is 0 Å². The first-order valence-corrected chi connectivity index (χ1v) is 13.9. The van der Waals surface area contributed by atoms with E-state index in [1.165, 1.54) is 12.1 Å². The zero-order valence-electron chi connectivity index (χ0n) is 24.0. The fourth-order valence-electron chi connectivity index (χ4n) is 5.00. The van der Waals surface area contributed by atoms with Crippen LogP contribution in [0.5, 0.6) is 5.75 Å². The second-order valence-electron chi connectivity index (χ2n) is 11.4. The normalized spacial score (nSPS) is 15.1. The molecule has 0 radical (unpaired) electrons. The minimum absolute atomic E-state index is 0.0385. The number of hydrogen-bond donors (Lipinski definition) is 2. The number of carbonyl (C=O) groups is 2. The van der Waals surface area contributed by atoms with Gasteiger partial charge in [0, 0.05) is 68.5 Å². The van der Waals surface area contributed by atoms with Gasteiger partial charge in [-0.05, 0) is 62.6 Å². The lowest BCUT2D eigenvalue weighted by Crippen LogP contribution is -2.47. The van der Waals surface area contributed by atoms with E-state index in [1.807, 2.05) is 17.2 Å². The number of aromatic nitrogens is 1. The van der Waals surface area contributed by atoms with Crippen molar-refractivity contribution in [1.29, 1.82) is 0 Å². The number of amides is 1. The molecule has 1 fully saturated rings. The summed E-state index contributed by atoms with van der Waals surface area (Å²) in [6.45, 7) is 10.0. The van der Waals surface area contributed by atoms with Crippen LogP contribution in [0.15, 0.2) is 48.7 Å². The molecule has 1 saturated heterocycles. The second kappa shape index (κ2) is 13.0. The highest BCUT2D eigenvalue weighted by atomic mass is 19.4. The molecule has 0 atom stereocenters. The zero-order valence-corrected chi connectivity index (χ0v) is 24.0. The van der Waals surface area contributed by atoms with Gasteiger partial charge in [-0.3, -0.25) is 14.6 Å². The van der Waals surface area contributed by atoms with Gasteiger partial charge in [-0.25, -0.2) is 4.79 Å². The number of fused-ring (bicyclic) bond motifs is 1. The molecule has 1 aromatic heterocycles. The molecule has 1 aliphatic heterocycles. The third-order valence-corrected chi connectivity index (χ3v) is 6.82. The van der Waals surface area contributed by atoms with E-state index in [-0.39, 0.29) is 12.3 Å². The van der Waals surface area contributed by atoms with Crippen molar-refractivity contribution in [3.05, 3.63) is 54.2 Å². The molecule has 12 heteroatoms. The van der Waals surface area contributed by atoms with Crippen LogP contribution < -0.4 is 10.1 Å². The number of hydrogen-bond acceptors (Lipinski definition) is 6. The van der Waals surface area contributed by atoms with Gasteiger partial charge in [-0.1, -0.05) is 18.2 Å². The van der Waals surface area contributed by atoms with Crippen molar-refractivity contribution in [1.82, 2.24) is 19.7 Å². The Morgan fingerprint density at radius 1 is 0.976 bits per heavy atom. The molecule has 0 aliphatic carbocycles. The Hall–Kier alpha value is -3.77. The Bertz CT molecular complexity index is 1370. The molecular weight excluding hydrogens is 553 g/mol. The number of alkyl halides is 3. The lowest BCUT2D eigenvalue weighted by molar-refractivity contribution is -0.274. The molecule has 2 N–H and O–H groups in total. The van der Waals surface area contributed by atoms with Crippen molar-refractivity contribution in [2.75, 3.05) is 39.3 Å². The number of halogens is 3. The molecule has 0 bridgehead atoms. The largest absolute Gasteiger partial charge is 0.573 e. The number of alkyl carbamates (subject to hydrolysis) is 1. The number of rotatable bonds is 10. The summed E-state index contributed by atoms with van der Waals surface area (Å²) in [5, 5.41) is 12.8. The van der Waals surface area contributed by atoms with Gasteiger partial charge in [-0.15, -0.1) is 13.2 Å². The number of carboxylic acid groups (broad SMARTS) is 1. The fourth-order valence-corrected chi connectivity index (χ4v) is 5.00. The first-order valence-electron chi connectivity index (χ1n) is 13.9. The monoisotopic (exact) mass is 590 g/mol. The highest BCUT2D eigenvalue weighted by Gasteiger charge is 2.31. The molecule has 9 nitrogen and oxygen atoms in total.